The van der Waals surface area contributed by atoms with Gasteiger partial charge < -0.3 is 23.7 Å². The first-order valence-electron chi connectivity index (χ1n) is 11.2. The molecular formula is C27H22ClNO6. The van der Waals surface area contributed by atoms with Gasteiger partial charge in [-0.25, -0.2) is 0 Å². The van der Waals surface area contributed by atoms with Crippen LogP contribution in [0, 0.1) is 0 Å². The van der Waals surface area contributed by atoms with E-state index in [0.29, 0.717) is 54.1 Å². The van der Waals surface area contributed by atoms with Crippen molar-refractivity contribution in [3.8, 4) is 23.0 Å². The van der Waals surface area contributed by atoms with Gasteiger partial charge in [-0.15, -0.1) is 0 Å². The summed E-state index contributed by atoms with van der Waals surface area (Å²) in [5, 5.41) is 0.533. The third-order valence-corrected chi connectivity index (χ3v) is 6.48. The molecule has 7 nitrogen and oxygen atoms in total. The normalized spacial score (nSPS) is 17.7. The largest absolute Gasteiger partial charge is 0.496 e. The molecule has 0 spiro atoms. The highest BCUT2D eigenvalue weighted by Gasteiger charge is 2.34. The van der Waals surface area contributed by atoms with E-state index in [1.54, 1.807) is 31.4 Å². The number of benzene rings is 3. The summed E-state index contributed by atoms with van der Waals surface area (Å²) in [6, 6.07) is 15.0. The molecule has 0 saturated heterocycles. The van der Waals surface area contributed by atoms with Gasteiger partial charge in [-0.1, -0.05) is 29.8 Å². The maximum atomic E-state index is 13.2. The van der Waals surface area contributed by atoms with Crippen molar-refractivity contribution in [1.82, 2.24) is 4.90 Å². The smallest absolute Gasteiger partial charge is 0.231 e. The average Bonchev–Trinajstić information content (AvgIpc) is 3.19. The zero-order valence-electron chi connectivity index (χ0n) is 19.0. The van der Waals surface area contributed by atoms with Gasteiger partial charge in [0.25, 0.3) is 0 Å². The van der Waals surface area contributed by atoms with Crippen LogP contribution in [-0.2, 0) is 24.4 Å². The maximum Gasteiger partial charge on any atom is 0.231 e. The summed E-state index contributed by atoms with van der Waals surface area (Å²) < 4.78 is 28.7. The molecule has 35 heavy (non-hydrogen) atoms. The van der Waals surface area contributed by atoms with E-state index in [1.165, 1.54) is 0 Å². The second-order valence-electron chi connectivity index (χ2n) is 8.52. The molecule has 6 rings (SSSR count). The van der Waals surface area contributed by atoms with E-state index >= 15 is 0 Å². The fourth-order valence-electron chi connectivity index (χ4n) is 4.64. The van der Waals surface area contributed by atoms with Crippen LogP contribution in [0.3, 0.4) is 0 Å². The van der Waals surface area contributed by atoms with Crippen molar-refractivity contribution in [2.75, 3.05) is 20.6 Å². The number of nitrogens with zero attached hydrogens (tertiary/aromatic N) is 1. The van der Waals surface area contributed by atoms with E-state index in [-0.39, 0.29) is 18.3 Å². The molecule has 0 saturated carbocycles. The Morgan fingerprint density at radius 3 is 2.89 bits per heavy atom. The summed E-state index contributed by atoms with van der Waals surface area (Å²) in [4.78, 5) is 15.4. The zero-order valence-corrected chi connectivity index (χ0v) is 19.8. The molecule has 3 heterocycles. The van der Waals surface area contributed by atoms with E-state index < -0.39 is 0 Å². The Kier molecular flexibility index (Phi) is 5.60. The van der Waals surface area contributed by atoms with Crippen LogP contribution in [0.5, 0.6) is 23.0 Å². The Balaban J connectivity index is 1.31. The number of allylic oxidation sites excluding steroid dienone is 1. The molecule has 0 bridgehead atoms. The first kappa shape index (κ1) is 22.0. The molecule has 0 aliphatic carbocycles. The summed E-state index contributed by atoms with van der Waals surface area (Å²) >= 11 is 6.29. The second-order valence-corrected chi connectivity index (χ2v) is 8.96. The van der Waals surface area contributed by atoms with Crippen molar-refractivity contribution in [3.05, 3.63) is 87.1 Å². The molecule has 0 atom stereocenters. The Morgan fingerprint density at radius 2 is 2.00 bits per heavy atom. The number of carbonyl (C=O) groups excluding carboxylic acids is 1. The molecule has 3 aliphatic heterocycles. The van der Waals surface area contributed by atoms with Crippen LogP contribution in [0.15, 0.2) is 54.3 Å². The monoisotopic (exact) mass is 491 g/mol. The Labute approximate surface area is 207 Å². The van der Waals surface area contributed by atoms with Crippen LogP contribution in [0.1, 0.15) is 32.6 Å². The summed E-state index contributed by atoms with van der Waals surface area (Å²) in [5.74, 6) is 2.75. The Morgan fingerprint density at radius 1 is 1.11 bits per heavy atom. The van der Waals surface area contributed by atoms with E-state index in [0.717, 1.165) is 28.2 Å². The van der Waals surface area contributed by atoms with Crippen molar-refractivity contribution in [2.45, 2.75) is 19.7 Å². The summed E-state index contributed by atoms with van der Waals surface area (Å²) in [5.41, 5.74) is 3.92. The highest BCUT2D eigenvalue weighted by Crippen LogP contribution is 2.43. The molecule has 178 valence electrons. The van der Waals surface area contributed by atoms with Crippen LogP contribution >= 0.6 is 11.6 Å². The Hall–Kier alpha value is -3.52. The summed E-state index contributed by atoms with van der Waals surface area (Å²) in [6.07, 6.45) is 1.68. The molecular weight excluding hydrogens is 470 g/mol. The first-order valence-corrected chi connectivity index (χ1v) is 11.6. The fourth-order valence-corrected chi connectivity index (χ4v) is 4.89. The van der Waals surface area contributed by atoms with Crippen LogP contribution < -0.4 is 18.9 Å². The van der Waals surface area contributed by atoms with Crippen molar-refractivity contribution in [3.63, 3.8) is 0 Å². The minimum atomic E-state index is -0.189. The topological polar surface area (TPSA) is 66.5 Å². The molecule has 8 heteroatoms. The molecule has 3 aromatic carbocycles. The van der Waals surface area contributed by atoms with Crippen LogP contribution in [0.2, 0.25) is 5.02 Å². The van der Waals surface area contributed by atoms with Gasteiger partial charge in [0.2, 0.25) is 5.78 Å². The molecule has 3 aromatic rings. The lowest BCUT2D eigenvalue weighted by molar-refractivity contribution is -0.0165. The van der Waals surface area contributed by atoms with Crippen molar-refractivity contribution in [2.24, 2.45) is 0 Å². The summed E-state index contributed by atoms with van der Waals surface area (Å²) in [7, 11) is 1.66. The lowest BCUT2D eigenvalue weighted by atomic mass is 10.0. The third-order valence-electron chi connectivity index (χ3n) is 6.26. The highest BCUT2D eigenvalue weighted by molar-refractivity contribution is 6.31. The predicted octanol–water partition coefficient (Wildman–Crippen LogP) is 5.18. The Bertz CT molecular complexity index is 1370. The van der Waals surface area contributed by atoms with E-state index in [2.05, 4.69) is 4.90 Å². The molecule has 3 aliphatic rings. The number of ketones is 1. The van der Waals surface area contributed by atoms with Crippen molar-refractivity contribution in [1.29, 1.82) is 0 Å². The highest BCUT2D eigenvalue weighted by atomic mass is 35.5. The van der Waals surface area contributed by atoms with Gasteiger partial charge in [0.15, 0.2) is 12.6 Å². The van der Waals surface area contributed by atoms with Gasteiger partial charge in [0, 0.05) is 34.8 Å². The predicted molar refractivity (Wildman–Crippen MR) is 129 cm³/mol. The van der Waals surface area contributed by atoms with Gasteiger partial charge in [0.1, 0.15) is 29.7 Å². The van der Waals surface area contributed by atoms with E-state index in [9.17, 15) is 4.79 Å². The number of hydrogen-bond donors (Lipinski definition) is 0. The molecule has 0 amide bonds. The lowest BCUT2D eigenvalue weighted by Gasteiger charge is -2.30. The molecule has 0 aromatic heterocycles. The van der Waals surface area contributed by atoms with Crippen LogP contribution in [0.4, 0.5) is 0 Å². The molecule has 0 fully saturated rings. The standard InChI is InChI=1S/C27H22ClNO6/c1-31-22-5-3-2-4-16(22)11-29-12-21-23(33-14-29)7-6-20-25(30)24(35-27(20)21)10-17-8-19(28)9-18-13-32-15-34-26(17)18/h2-10H,11-15H2,1H3/b24-10-. The second kappa shape index (κ2) is 8.92. The first-order chi connectivity index (χ1) is 17.1. The minimum absolute atomic E-state index is 0.146. The molecule has 0 N–H and O–H groups in total. The number of carbonyl (C=O) groups is 1. The lowest BCUT2D eigenvalue weighted by Crippen LogP contribution is -2.31. The van der Waals surface area contributed by atoms with E-state index in [4.69, 9.17) is 35.3 Å². The minimum Gasteiger partial charge on any atom is -0.496 e. The van der Waals surface area contributed by atoms with Gasteiger partial charge in [-0.05, 0) is 36.4 Å². The van der Waals surface area contributed by atoms with Gasteiger partial charge in [-0.2, -0.15) is 0 Å². The number of methoxy groups -OCH3 is 1. The zero-order chi connectivity index (χ0) is 23.9. The molecule has 0 unspecified atom stereocenters. The number of Topliss-reactive ketones (excluding diaryl/α,β-unsaturated/α-hetero) is 1. The maximum absolute atomic E-state index is 13.2. The number of ether oxygens (including phenoxy) is 5. The quantitative estimate of drug-likeness (QED) is 0.466. The third kappa shape index (κ3) is 4.01. The van der Waals surface area contributed by atoms with Crippen molar-refractivity contribution >= 4 is 23.5 Å². The van der Waals surface area contributed by atoms with Crippen molar-refractivity contribution < 1.29 is 28.5 Å². The number of hydrogen-bond acceptors (Lipinski definition) is 7. The number of halogens is 1. The number of fused-ring (bicyclic) bond motifs is 4. The van der Waals surface area contributed by atoms with Crippen LogP contribution in [-0.4, -0.2) is 31.3 Å². The summed E-state index contributed by atoms with van der Waals surface area (Å²) in [6.45, 7) is 2.18. The SMILES string of the molecule is COc1ccccc1CN1COc2ccc3c(c2C1)O/C(=C\c1cc(Cl)cc2c1OCOC2)C3=O. The van der Waals surface area contributed by atoms with Gasteiger partial charge in [0.05, 0.1) is 24.8 Å². The number of rotatable bonds is 4. The van der Waals surface area contributed by atoms with Crippen LogP contribution in [0.25, 0.3) is 6.08 Å². The van der Waals surface area contributed by atoms with E-state index in [1.807, 2.05) is 30.3 Å². The van der Waals surface area contributed by atoms with Gasteiger partial charge in [-0.3, -0.25) is 9.69 Å². The fraction of sp³-hybridized carbons (Fsp3) is 0.222. The number of para-hydroxylation sites is 1. The van der Waals surface area contributed by atoms with Gasteiger partial charge >= 0.3 is 0 Å². The molecule has 0 radical (unpaired) electrons. The average molecular weight is 492 g/mol.